The number of guanidine groups is 1. The van der Waals surface area contributed by atoms with Crippen molar-refractivity contribution in [1.82, 2.24) is 15.3 Å². The summed E-state index contributed by atoms with van der Waals surface area (Å²) in [6.07, 6.45) is 12.2. The molecule has 2 rings (SSSR count). The van der Waals surface area contributed by atoms with E-state index in [9.17, 15) is 4.79 Å². The number of aliphatic imine (C=N–C) groups is 1. The fraction of sp³-hybridized carbons (Fsp3) is 0.706. The van der Waals surface area contributed by atoms with Gasteiger partial charge in [-0.05, 0) is 18.3 Å². The summed E-state index contributed by atoms with van der Waals surface area (Å²) in [6.45, 7) is 2.76. The van der Waals surface area contributed by atoms with Crippen molar-refractivity contribution >= 4 is 11.9 Å². The van der Waals surface area contributed by atoms with Crippen LogP contribution in [0.1, 0.15) is 57.7 Å². The van der Waals surface area contributed by atoms with Crippen molar-refractivity contribution in [2.75, 3.05) is 6.54 Å². The van der Waals surface area contributed by atoms with Crippen LogP contribution in [0.2, 0.25) is 0 Å². The molecule has 128 valence electrons. The van der Waals surface area contributed by atoms with E-state index in [1.165, 1.54) is 32.1 Å². The second-order valence-electron chi connectivity index (χ2n) is 6.53. The summed E-state index contributed by atoms with van der Waals surface area (Å²) in [6, 6.07) is 0. The fourth-order valence-corrected chi connectivity index (χ4v) is 3.28. The van der Waals surface area contributed by atoms with Crippen molar-refractivity contribution in [2.24, 2.45) is 22.6 Å². The van der Waals surface area contributed by atoms with Gasteiger partial charge in [0.15, 0.2) is 5.96 Å². The molecule has 1 aliphatic carbocycles. The van der Waals surface area contributed by atoms with Crippen molar-refractivity contribution in [3.8, 4) is 0 Å². The zero-order chi connectivity index (χ0) is 16.5. The van der Waals surface area contributed by atoms with Crippen molar-refractivity contribution in [2.45, 2.75) is 58.3 Å². The van der Waals surface area contributed by atoms with E-state index in [4.69, 9.17) is 5.73 Å². The number of hydrogen-bond acceptors (Lipinski definition) is 3. The van der Waals surface area contributed by atoms with E-state index >= 15 is 0 Å². The van der Waals surface area contributed by atoms with Gasteiger partial charge in [-0.3, -0.25) is 15.1 Å². The molecule has 23 heavy (non-hydrogen) atoms. The quantitative estimate of drug-likeness (QED) is 0.409. The van der Waals surface area contributed by atoms with Crippen LogP contribution >= 0.6 is 0 Å². The van der Waals surface area contributed by atoms with E-state index in [-0.39, 0.29) is 11.9 Å². The summed E-state index contributed by atoms with van der Waals surface area (Å²) in [5, 5.41) is 2.71. The predicted octanol–water partition coefficient (Wildman–Crippen LogP) is 2.38. The highest BCUT2D eigenvalue weighted by molar-refractivity contribution is 5.96. The van der Waals surface area contributed by atoms with Gasteiger partial charge in [0.1, 0.15) is 5.82 Å². The number of nitrogens with one attached hydrogen (secondary N) is 2. The fourth-order valence-electron chi connectivity index (χ4n) is 3.28. The smallest absolute Gasteiger partial charge is 0.226 e. The third-order valence-electron chi connectivity index (χ3n) is 4.64. The van der Waals surface area contributed by atoms with E-state index in [0.29, 0.717) is 24.8 Å². The summed E-state index contributed by atoms with van der Waals surface area (Å²) in [4.78, 5) is 23.4. The number of hydrogen-bond donors (Lipinski definition) is 3. The van der Waals surface area contributed by atoms with Crippen molar-refractivity contribution in [1.29, 1.82) is 0 Å². The van der Waals surface area contributed by atoms with Crippen LogP contribution in [0.4, 0.5) is 0 Å². The number of nitrogens with two attached hydrogens (primary N) is 1. The van der Waals surface area contributed by atoms with E-state index in [1.807, 2.05) is 0 Å². The zero-order valence-corrected chi connectivity index (χ0v) is 14.1. The third-order valence-corrected chi connectivity index (χ3v) is 4.64. The minimum absolute atomic E-state index is 0.0182. The molecule has 0 saturated heterocycles. The van der Waals surface area contributed by atoms with Crippen molar-refractivity contribution < 1.29 is 4.79 Å². The number of amides is 1. The van der Waals surface area contributed by atoms with Gasteiger partial charge in [0.05, 0.1) is 0 Å². The highest BCUT2D eigenvalue weighted by Crippen LogP contribution is 2.31. The first kappa shape index (κ1) is 17.5. The molecule has 1 atom stereocenters. The van der Waals surface area contributed by atoms with Crippen LogP contribution in [0.3, 0.4) is 0 Å². The number of imidazole rings is 1. The molecule has 1 aromatic heterocycles. The van der Waals surface area contributed by atoms with Gasteiger partial charge in [0, 0.05) is 31.8 Å². The molecule has 1 aromatic rings. The molecular weight excluding hydrogens is 290 g/mol. The lowest BCUT2D eigenvalue weighted by Crippen LogP contribution is -2.38. The minimum Gasteiger partial charge on any atom is -0.370 e. The van der Waals surface area contributed by atoms with E-state index in [1.54, 1.807) is 12.4 Å². The molecule has 0 spiro atoms. The van der Waals surface area contributed by atoms with Crippen LogP contribution in [0, 0.1) is 11.8 Å². The Hall–Kier alpha value is -1.85. The second-order valence-corrected chi connectivity index (χ2v) is 6.53. The number of H-pyrrole nitrogens is 1. The Morgan fingerprint density at radius 3 is 2.96 bits per heavy atom. The molecule has 4 N–H and O–H groups in total. The number of rotatable bonds is 7. The summed E-state index contributed by atoms with van der Waals surface area (Å²) >= 11 is 0. The van der Waals surface area contributed by atoms with Crippen LogP contribution in [0.15, 0.2) is 17.4 Å². The summed E-state index contributed by atoms with van der Waals surface area (Å²) < 4.78 is 0. The normalized spacial score (nSPS) is 17.9. The zero-order valence-electron chi connectivity index (χ0n) is 14.1. The number of aromatic amines is 1. The predicted molar refractivity (Wildman–Crippen MR) is 91.9 cm³/mol. The maximum atomic E-state index is 12.0. The van der Waals surface area contributed by atoms with Crippen LogP contribution in [0.25, 0.3) is 0 Å². The van der Waals surface area contributed by atoms with Gasteiger partial charge in [-0.2, -0.15) is 0 Å². The first-order valence-electron chi connectivity index (χ1n) is 8.73. The molecule has 1 unspecified atom stereocenters. The molecule has 1 aliphatic rings. The average Bonchev–Trinajstić information content (AvgIpc) is 3.05. The van der Waals surface area contributed by atoms with Gasteiger partial charge in [-0.15, -0.1) is 0 Å². The molecule has 0 bridgehead atoms. The lowest BCUT2D eigenvalue weighted by Gasteiger charge is -2.27. The molecule has 1 fully saturated rings. The summed E-state index contributed by atoms with van der Waals surface area (Å²) in [7, 11) is 0. The maximum absolute atomic E-state index is 12.0. The molecule has 6 nitrogen and oxygen atoms in total. The lowest BCUT2D eigenvalue weighted by atomic mass is 9.79. The van der Waals surface area contributed by atoms with Gasteiger partial charge in [-0.1, -0.05) is 39.0 Å². The van der Waals surface area contributed by atoms with Crippen LogP contribution in [-0.4, -0.2) is 28.4 Å². The van der Waals surface area contributed by atoms with Crippen molar-refractivity contribution in [3.63, 3.8) is 0 Å². The molecule has 0 radical (unpaired) electrons. The molecule has 0 aliphatic heterocycles. The Morgan fingerprint density at radius 2 is 2.26 bits per heavy atom. The van der Waals surface area contributed by atoms with Crippen LogP contribution < -0.4 is 11.1 Å². The second kappa shape index (κ2) is 9.33. The number of carbonyl (C=O) groups is 1. The third kappa shape index (κ3) is 6.42. The Labute approximate surface area is 138 Å². The van der Waals surface area contributed by atoms with Gasteiger partial charge in [0.2, 0.25) is 5.91 Å². The Balaban J connectivity index is 1.63. The number of carbonyl (C=O) groups excluding carboxylic acids is 1. The highest BCUT2D eigenvalue weighted by atomic mass is 16.1. The topological polar surface area (TPSA) is 96.2 Å². The van der Waals surface area contributed by atoms with Gasteiger partial charge < -0.3 is 10.7 Å². The number of nitrogens with zero attached hydrogens (tertiary/aromatic N) is 2. The highest BCUT2D eigenvalue weighted by Gasteiger charge is 2.22. The van der Waals surface area contributed by atoms with Crippen LogP contribution in [0.5, 0.6) is 0 Å². The molecule has 1 saturated carbocycles. The molecule has 0 aromatic carbocycles. The molecule has 6 heteroatoms. The standard InChI is InChI=1S/C17H29N5O/c1-13(14-6-3-2-4-7-14)12-16(23)22-17(18)21-9-5-8-15-19-10-11-20-15/h10-11,13-14H,2-9,12H2,1H3,(H,19,20)(H3,18,21,22,23). The summed E-state index contributed by atoms with van der Waals surface area (Å²) in [5.41, 5.74) is 5.78. The Morgan fingerprint density at radius 1 is 1.48 bits per heavy atom. The molecule has 1 heterocycles. The van der Waals surface area contributed by atoms with Gasteiger partial charge >= 0.3 is 0 Å². The minimum atomic E-state index is -0.0182. The Kier molecular flexibility index (Phi) is 7.10. The maximum Gasteiger partial charge on any atom is 0.226 e. The van der Waals surface area contributed by atoms with E-state index in [2.05, 4.69) is 27.2 Å². The first-order chi connectivity index (χ1) is 11.1. The molecular formula is C17H29N5O. The van der Waals surface area contributed by atoms with E-state index < -0.39 is 0 Å². The monoisotopic (exact) mass is 319 g/mol. The number of aryl methyl sites for hydroxylation is 1. The van der Waals surface area contributed by atoms with Gasteiger partial charge in [0.25, 0.3) is 0 Å². The SMILES string of the molecule is CC(CC(=O)NC(N)=NCCCc1ncc[nH]1)C1CCCCC1. The Bertz CT molecular complexity index is 491. The van der Waals surface area contributed by atoms with Crippen LogP contribution in [-0.2, 0) is 11.2 Å². The largest absolute Gasteiger partial charge is 0.370 e. The van der Waals surface area contributed by atoms with E-state index in [0.717, 1.165) is 18.7 Å². The first-order valence-corrected chi connectivity index (χ1v) is 8.73. The summed E-state index contributed by atoms with van der Waals surface area (Å²) in [5.74, 6) is 2.26. The number of aromatic nitrogens is 2. The average molecular weight is 319 g/mol. The van der Waals surface area contributed by atoms with Crippen molar-refractivity contribution in [3.05, 3.63) is 18.2 Å². The lowest BCUT2D eigenvalue weighted by molar-refractivity contribution is -0.121. The molecule has 1 amide bonds. The van der Waals surface area contributed by atoms with Gasteiger partial charge in [-0.25, -0.2) is 4.98 Å².